The minimum absolute atomic E-state index is 0.427. The molecule has 1 aliphatic heterocycles. The van der Waals surface area contributed by atoms with Gasteiger partial charge < -0.3 is 0 Å². The minimum atomic E-state index is 0.427. The van der Waals surface area contributed by atoms with Crippen LogP contribution in [0.4, 0.5) is 5.69 Å². The standard InChI is InChI=1S/C12H16N2/c1-9-4-6-12(7-5-9)14-11(3)8-10(2)13-14/h4-8,10,13H,1-3H3. The van der Waals surface area contributed by atoms with Gasteiger partial charge in [0.2, 0.25) is 0 Å². The van der Waals surface area contributed by atoms with Crippen LogP contribution in [0.15, 0.2) is 36.0 Å². The highest BCUT2D eigenvalue weighted by Crippen LogP contribution is 2.21. The van der Waals surface area contributed by atoms with Crippen molar-refractivity contribution >= 4 is 5.69 Å². The van der Waals surface area contributed by atoms with E-state index < -0.39 is 0 Å². The minimum Gasteiger partial charge on any atom is -0.281 e. The summed E-state index contributed by atoms with van der Waals surface area (Å²) in [6, 6.07) is 8.96. The second-order valence-corrected chi connectivity index (χ2v) is 3.90. The number of nitrogens with one attached hydrogen (secondary N) is 1. The number of hydrogen-bond acceptors (Lipinski definition) is 2. The lowest BCUT2D eigenvalue weighted by molar-refractivity contribution is 0.675. The van der Waals surface area contributed by atoms with Crippen molar-refractivity contribution in [2.24, 2.45) is 0 Å². The van der Waals surface area contributed by atoms with Crippen molar-refractivity contribution in [2.75, 3.05) is 5.01 Å². The Bertz CT molecular complexity index is 351. The first kappa shape index (κ1) is 9.28. The first-order valence-corrected chi connectivity index (χ1v) is 4.98. The number of nitrogens with zero attached hydrogens (tertiary/aromatic N) is 1. The lowest BCUT2D eigenvalue weighted by Gasteiger charge is -2.21. The van der Waals surface area contributed by atoms with Crippen LogP contribution in [-0.2, 0) is 0 Å². The number of hydrogen-bond donors (Lipinski definition) is 1. The van der Waals surface area contributed by atoms with Crippen molar-refractivity contribution in [3.05, 3.63) is 41.6 Å². The summed E-state index contributed by atoms with van der Waals surface area (Å²) in [6.07, 6.45) is 2.22. The van der Waals surface area contributed by atoms with Crippen LogP contribution in [0.3, 0.4) is 0 Å². The monoisotopic (exact) mass is 188 g/mol. The lowest BCUT2D eigenvalue weighted by atomic mass is 10.2. The van der Waals surface area contributed by atoms with Gasteiger partial charge in [-0.25, -0.2) is 5.43 Å². The molecular formula is C12H16N2. The van der Waals surface area contributed by atoms with Gasteiger partial charge in [-0.1, -0.05) is 17.7 Å². The molecule has 1 aliphatic rings. The summed E-state index contributed by atoms with van der Waals surface area (Å²) in [4.78, 5) is 0. The Morgan fingerprint density at radius 1 is 1.14 bits per heavy atom. The maximum Gasteiger partial charge on any atom is 0.0574 e. The third-order valence-electron chi connectivity index (χ3n) is 2.47. The third-order valence-corrected chi connectivity index (χ3v) is 2.47. The first-order valence-electron chi connectivity index (χ1n) is 4.98. The van der Waals surface area contributed by atoms with Crippen LogP contribution in [-0.4, -0.2) is 6.04 Å². The molecule has 0 aromatic heterocycles. The maximum atomic E-state index is 3.38. The molecule has 1 atom stereocenters. The van der Waals surface area contributed by atoms with E-state index in [1.54, 1.807) is 0 Å². The van der Waals surface area contributed by atoms with Gasteiger partial charge in [0.05, 0.1) is 5.69 Å². The van der Waals surface area contributed by atoms with Gasteiger partial charge >= 0.3 is 0 Å². The van der Waals surface area contributed by atoms with Gasteiger partial charge in [-0.15, -0.1) is 0 Å². The fourth-order valence-electron chi connectivity index (χ4n) is 1.75. The molecule has 14 heavy (non-hydrogen) atoms. The number of aryl methyl sites for hydroxylation is 1. The quantitative estimate of drug-likeness (QED) is 0.728. The zero-order valence-corrected chi connectivity index (χ0v) is 8.91. The van der Waals surface area contributed by atoms with Gasteiger partial charge in [0, 0.05) is 11.7 Å². The molecule has 74 valence electrons. The molecule has 1 heterocycles. The SMILES string of the molecule is CC1=CC(C)NN1c1ccc(C)cc1. The topological polar surface area (TPSA) is 15.3 Å². The van der Waals surface area contributed by atoms with Crippen LogP contribution < -0.4 is 10.4 Å². The molecule has 0 amide bonds. The molecule has 0 radical (unpaired) electrons. The van der Waals surface area contributed by atoms with E-state index >= 15 is 0 Å². The van der Waals surface area contributed by atoms with Gasteiger partial charge in [-0.05, 0) is 39.0 Å². The Hall–Kier alpha value is -1.28. The molecule has 0 fully saturated rings. The zero-order valence-electron chi connectivity index (χ0n) is 8.91. The summed E-state index contributed by atoms with van der Waals surface area (Å²) in [5, 5.41) is 2.13. The van der Waals surface area contributed by atoms with E-state index in [1.165, 1.54) is 16.9 Å². The predicted octanol–water partition coefficient (Wildman–Crippen LogP) is 2.61. The fraction of sp³-hybridized carbons (Fsp3) is 0.333. The average molecular weight is 188 g/mol. The molecular weight excluding hydrogens is 172 g/mol. The Morgan fingerprint density at radius 2 is 1.79 bits per heavy atom. The molecule has 2 heteroatoms. The summed E-state index contributed by atoms with van der Waals surface area (Å²) in [5.74, 6) is 0. The van der Waals surface area contributed by atoms with Gasteiger partial charge in [0.25, 0.3) is 0 Å². The van der Waals surface area contributed by atoms with Crippen LogP contribution in [0.25, 0.3) is 0 Å². The Balaban J connectivity index is 2.25. The molecule has 0 saturated carbocycles. The van der Waals surface area contributed by atoms with Crippen LogP contribution in [0.5, 0.6) is 0 Å². The molecule has 2 nitrogen and oxygen atoms in total. The van der Waals surface area contributed by atoms with E-state index in [9.17, 15) is 0 Å². The van der Waals surface area contributed by atoms with E-state index in [-0.39, 0.29) is 0 Å². The number of anilines is 1. The highest BCUT2D eigenvalue weighted by atomic mass is 15.5. The van der Waals surface area contributed by atoms with Crippen LogP contribution in [0, 0.1) is 6.92 Å². The number of allylic oxidation sites excluding steroid dienone is 1. The van der Waals surface area contributed by atoms with Gasteiger partial charge in [-0.2, -0.15) is 0 Å². The summed E-state index contributed by atoms with van der Waals surface area (Å²) in [7, 11) is 0. The maximum absolute atomic E-state index is 3.38. The fourth-order valence-corrected chi connectivity index (χ4v) is 1.75. The van der Waals surface area contributed by atoms with E-state index in [0.29, 0.717) is 6.04 Å². The Labute approximate surface area is 85.2 Å². The summed E-state index contributed by atoms with van der Waals surface area (Å²) >= 11 is 0. The molecule has 1 aromatic carbocycles. The molecule has 1 N–H and O–H groups in total. The average Bonchev–Trinajstić information content (AvgIpc) is 2.47. The van der Waals surface area contributed by atoms with Gasteiger partial charge in [0.15, 0.2) is 0 Å². The zero-order chi connectivity index (χ0) is 10.1. The second-order valence-electron chi connectivity index (χ2n) is 3.90. The summed E-state index contributed by atoms with van der Waals surface area (Å²) in [6.45, 7) is 6.38. The number of rotatable bonds is 1. The lowest BCUT2D eigenvalue weighted by Crippen LogP contribution is -2.35. The normalized spacial score (nSPS) is 21.2. The highest BCUT2D eigenvalue weighted by Gasteiger charge is 2.17. The second kappa shape index (κ2) is 3.46. The first-order chi connectivity index (χ1) is 6.66. The Kier molecular flexibility index (Phi) is 2.30. The van der Waals surface area contributed by atoms with E-state index in [1.807, 2.05) is 0 Å². The van der Waals surface area contributed by atoms with Crippen LogP contribution in [0.1, 0.15) is 19.4 Å². The molecule has 2 rings (SSSR count). The van der Waals surface area contributed by atoms with Gasteiger partial charge in [0.1, 0.15) is 0 Å². The van der Waals surface area contributed by atoms with Crippen molar-refractivity contribution in [1.29, 1.82) is 0 Å². The van der Waals surface area contributed by atoms with Gasteiger partial charge in [-0.3, -0.25) is 5.01 Å². The van der Waals surface area contributed by atoms with Crippen molar-refractivity contribution in [3.8, 4) is 0 Å². The number of hydrazine groups is 1. The van der Waals surface area contributed by atoms with Crippen molar-refractivity contribution < 1.29 is 0 Å². The summed E-state index contributed by atoms with van der Waals surface area (Å²) in [5.41, 5.74) is 7.14. The molecule has 0 aliphatic carbocycles. The molecule has 1 aromatic rings. The molecule has 1 unspecified atom stereocenters. The predicted molar refractivity (Wildman–Crippen MR) is 60.0 cm³/mol. The van der Waals surface area contributed by atoms with E-state index in [0.717, 1.165) is 0 Å². The van der Waals surface area contributed by atoms with Crippen LogP contribution in [0.2, 0.25) is 0 Å². The third kappa shape index (κ3) is 1.66. The van der Waals surface area contributed by atoms with Crippen LogP contribution >= 0.6 is 0 Å². The van der Waals surface area contributed by atoms with Crippen molar-refractivity contribution in [2.45, 2.75) is 26.8 Å². The van der Waals surface area contributed by atoms with Crippen molar-refractivity contribution in [1.82, 2.24) is 5.43 Å². The highest BCUT2D eigenvalue weighted by molar-refractivity contribution is 5.53. The molecule has 0 spiro atoms. The smallest absolute Gasteiger partial charge is 0.0574 e. The van der Waals surface area contributed by atoms with E-state index in [4.69, 9.17) is 0 Å². The molecule has 0 bridgehead atoms. The Morgan fingerprint density at radius 3 is 2.29 bits per heavy atom. The molecule has 0 saturated heterocycles. The summed E-state index contributed by atoms with van der Waals surface area (Å²) < 4.78 is 0. The number of benzene rings is 1. The van der Waals surface area contributed by atoms with E-state index in [2.05, 4.69) is 61.5 Å². The largest absolute Gasteiger partial charge is 0.281 e. The van der Waals surface area contributed by atoms with Crippen molar-refractivity contribution in [3.63, 3.8) is 0 Å².